The van der Waals surface area contributed by atoms with Gasteiger partial charge in [0.2, 0.25) is 0 Å². The Balaban J connectivity index is 0. The molecule has 1 aromatic rings. The third kappa shape index (κ3) is 3.54. The van der Waals surface area contributed by atoms with Crippen molar-refractivity contribution in [2.45, 2.75) is 18.1 Å². The number of halogens is 3. The minimum atomic E-state index is 0. The molecule has 0 fully saturated rings. The van der Waals surface area contributed by atoms with Gasteiger partial charge < -0.3 is 50.9 Å². The van der Waals surface area contributed by atoms with E-state index in [-0.39, 0.29) is 50.9 Å². The maximum Gasteiger partial charge on any atom is -1.00 e. The summed E-state index contributed by atoms with van der Waals surface area (Å²) in [7, 11) is 0. The maximum absolute atomic E-state index is 2.27. The van der Waals surface area contributed by atoms with Crippen LogP contribution in [-0.4, -0.2) is 0 Å². The van der Waals surface area contributed by atoms with Crippen molar-refractivity contribution in [3.63, 3.8) is 0 Å². The monoisotopic (exact) mass is 428 g/mol. The van der Waals surface area contributed by atoms with Crippen LogP contribution in [0.15, 0.2) is 18.2 Å². The van der Waals surface area contributed by atoms with Gasteiger partial charge in [-0.1, -0.05) is 0 Å². The van der Waals surface area contributed by atoms with Crippen LogP contribution in [0, 0.1) is 13.8 Å². The van der Waals surface area contributed by atoms with Gasteiger partial charge in [-0.05, 0) is 0 Å². The Hall–Kier alpha value is 1.11. The zero-order valence-corrected chi connectivity index (χ0v) is 14.8. The second kappa shape index (κ2) is 7.44. The standard InChI is InChI=1S/C11H11.3BrH.Ti/c1-8-6-7-10-4-3-5-11(10)9(8)2;;;;/h3-7H,1-2H3;3*1H;/q;;;;+3/p-3. The Bertz CT molecular complexity index is 361. The van der Waals surface area contributed by atoms with E-state index in [1.807, 2.05) is 0 Å². The minimum Gasteiger partial charge on any atom is -1.00 e. The second-order valence-corrected chi connectivity index (χ2v) is 4.32. The Morgan fingerprint density at radius 2 is 1.67 bits per heavy atom. The van der Waals surface area contributed by atoms with Gasteiger partial charge in [-0.25, -0.2) is 0 Å². The molecule has 0 amide bonds. The van der Waals surface area contributed by atoms with E-state index in [9.17, 15) is 0 Å². The number of aryl methyl sites for hydroxylation is 1. The van der Waals surface area contributed by atoms with Crippen molar-refractivity contribution in [3.05, 3.63) is 40.5 Å². The third-order valence-corrected chi connectivity index (χ3v) is 3.40. The summed E-state index contributed by atoms with van der Waals surface area (Å²) in [6.07, 6.45) is 4.53. The van der Waals surface area contributed by atoms with Crippen LogP contribution in [0.3, 0.4) is 0 Å². The molecule has 1 unspecified atom stereocenters. The van der Waals surface area contributed by atoms with E-state index in [1.165, 1.54) is 22.3 Å². The molecule has 4 heteroatoms. The van der Waals surface area contributed by atoms with Crippen LogP contribution in [-0.2, 0) is 20.4 Å². The van der Waals surface area contributed by atoms with Gasteiger partial charge in [0.15, 0.2) is 0 Å². The van der Waals surface area contributed by atoms with E-state index in [4.69, 9.17) is 0 Å². The molecule has 1 aromatic carbocycles. The van der Waals surface area contributed by atoms with E-state index in [2.05, 4.69) is 58.6 Å². The number of allylic oxidation sites excluding steroid dienone is 1. The van der Waals surface area contributed by atoms with E-state index in [1.54, 1.807) is 0 Å². The first-order valence-corrected chi connectivity index (χ1v) is 5.09. The van der Waals surface area contributed by atoms with Crippen molar-refractivity contribution in [2.75, 3.05) is 0 Å². The molecular formula is C11H11Br3Ti. The van der Waals surface area contributed by atoms with Crippen LogP contribution in [0.4, 0.5) is 0 Å². The van der Waals surface area contributed by atoms with E-state index in [0.29, 0.717) is 4.22 Å². The first-order valence-electron chi connectivity index (χ1n) is 4.19. The molecule has 1 aliphatic rings. The fourth-order valence-corrected chi connectivity index (χ4v) is 2.19. The zero-order chi connectivity index (χ0) is 8.72. The van der Waals surface area contributed by atoms with Gasteiger partial charge >= 0.3 is 85.0 Å². The third-order valence-electron chi connectivity index (χ3n) is 2.61. The van der Waals surface area contributed by atoms with Gasteiger partial charge in [0.05, 0.1) is 0 Å². The molecule has 0 saturated heterocycles. The molecule has 15 heavy (non-hydrogen) atoms. The molecule has 1 aliphatic carbocycles. The summed E-state index contributed by atoms with van der Waals surface area (Å²) in [5.41, 5.74) is 5.76. The fourth-order valence-electron chi connectivity index (χ4n) is 1.65. The molecule has 0 aliphatic heterocycles. The number of hydrogen-bond acceptors (Lipinski definition) is 0. The molecule has 80 valence electrons. The van der Waals surface area contributed by atoms with Gasteiger partial charge in [-0.15, -0.1) is 0 Å². The molecule has 0 radical (unpaired) electrons. The predicted octanol–water partition coefficient (Wildman–Crippen LogP) is -6.07. The number of benzene rings is 1. The van der Waals surface area contributed by atoms with Crippen molar-refractivity contribution >= 4 is 6.08 Å². The fraction of sp³-hybridized carbons (Fsp3) is 0.273. The molecule has 0 aromatic heterocycles. The molecule has 1 atom stereocenters. The first kappa shape index (κ1) is 18.5. The summed E-state index contributed by atoms with van der Waals surface area (Å²) in [4.78, 5) is 0. The zero-order valence-electron chi connectivity index (χ0n) is 8.52. The minimum absolute atomic E-state index is 0. The Kier molecular flexibility index (Phi) is 9.17. The molecular weight excluding hydrogens is 420 g/mol. The molecule has 0 bridgehead atoms. The van der Waals surface area contributed by atoms with Crippen LogP contribution in [0.1, 0.15) is 26.5 Å². The van der Waals surface area contributed by atoms with E-state index >= 15 is 0 Å². The van der Waals surface area contributed by atoms with Crippen LogP contribution >= 0.6 is 0 Å². The Morgan fingerprint density at radius 1 is 1.07 bits per heavy atom. The van der Waals surface area contributed by atoms with Crippen molar-refractivity contribution in [3.8, 4) is 0 Å². The van der Waals surface area contributed by atoms with Crippen LogP contribution in [0.2, 0.25) is 0 Å². The molecule has 0 saturated carbocycles. The molecule has 0 nitrogen and oxygen atoms in total. The summed E-state index contributed by atoms with van der Waals surface area (Å²) in [6.45, 7) is 4.38. The van der Waals surface area contributed by atoms with Crippen molar-refractivity contribution in [1.29, 1.82) is 0 Å². The van der Waals surface area contributed by atoms with Crippen LogP contribution < -0.4 is 50.9 Å². The number of rotatable bonds is 0. The number of hydrogen-bond donors (Lipinski definition) is 0. The summed E-state index contributed by atoms with van der Waals surface area (Å²) in [5.74, 6) is 0. The van der Waals surface area contributed by atoms with Crippen LogP contribution in [0.25, 0.3) is 6.08 Å². The molecule has 0 N–H and O–H groups in total. The van der Waals surface area contributed by atoms with E-state index in [0.717, 1.165) is 0 Å². The average Bonchev–Trinajstić information content (AvgIpc) is 2.41. The van der Waals surface area contributed by atoms with Gasteiger partial charge in [-0.2, -0.15) is 0 Å². The average molecular weight is 431 g/mol. The molecule has 0 heterocycles. The van der Waals surface area contributed by atoms with Gasteiger partial charge in [0.1, 0.15) is 0 Å². The molecule has 2 rings (SSSR count). The Morgan fingerprint density at radius 3 is 2.27 bits per heavy atom. The summed E-state index contributed by atoms with van der Waals surface area (Å²) < 4.78 is 0.610. The number of fused-ring (bicyclic) bond motifs is 1. The van der Waals surface area contributed by atoms with Gasteiger partial charge in [0.25, 0.3) is 0 Å². The summed E-state index contributed by atoms with van der Waals surface area (Å²) >= 11 is 2.25. The van der Waals surface area contributed by atoms with E-state index < -0.39 is 0 Å². The second-order valence-electron chi connectivity index (χ2n) is 3.35. The van der Waals surface area contributed by atoms with Gasteiger partial charge in [0, 0.05) is 0 Å². The van der Waals surface area contributed by atoms with Crippen LogP contribution in [0.5, 0.6) is 0 Å². The van der Waals surface area contributed by atoms with Crippen molar-refractivity contribution in [1.82, 2.24) is 0 Å². The quantitative estimate of drug-likeness (QED) is 0.360. The maximum atomic E-state index is 2.27. The largest absolute Gasteiger partial charge is 1.00 e. The SMILES string of the molecule is Cc1ccc2c(c1C)C=C[CH]2[Ti+3].[Br-].[Br-].[Br-]. The summed E-state index contributed by atoms with van der Waals surface area (Å²) in [5, 5.41) is 0. The van der Waals surface area contributed by atoms with Crippen molar-refractivity contribution < 1.29 is 71.4 Å². The smallest absolute Gasteiger partial charge is 1.00 e. The van der Waals surface area contributed by atoms with Crippen molar-refractivity contribution in [2.24, 2.45) is 0 Å². The molecule has 0 spiro atoms. The van der Waals surface area contributed by atoms with Gasteiger partial charge in [-0.3, -0.25) is 0 Å². The topological polar surface area (TPSA) is 0 Å². The summed E-state index contributed by atoms with van der Waals surface area (Å²) in [6, 6.07) is 4.47. The Labute approximate surface area is 135 Å². The normalized spacial score (nSPS) is 15.9. The first-order chi connectivity index (χ1) is 5.70. The predicted molar refractivity (Wildman–Crippen MR) is 47.7 cm³/mol.